The number of aromatic nitrogens is 2. The van der Waals surface area contributed by atoms with Crippen LogP contribution < -0.4 is 0 Å². The molecular weight excluding hydrogens is 327 g/mol. The molecule has 1 unspecified atom stereocenters. The van der Waals surface area contributed by atoms with Crippen LogP contribution in [0, 0.1) is 11.3 Å². The van der Waals surface area contributed by atoms with Gasteiger partial charge >= 0.3 is 0 Å². The van der Waals surface area contributed by atoms with E-state index in [0.29, 0.717) is 21.4 Å². The van der Waals surface area contributed by atoms with E-state index in [9.17, 15) is 0 Å². The Hall–Kier alpha value is -0.440. The molecule has 0 amide bonds. The molecule has 5 heteroatoms. The summed E-state index contributed by atoms with van der Waals surface area (Å²) in [7, 11) is 0. The van der Waals surface area contributed by atoms with E-state index in [-0.39, 0.29) is 5.38 Å². The molecule has 0 aliphatic heterocycles. The Kier molecular flexibility index (Phi) is 3.92. The second kappa shape index (κ2) is 5.33. The van der Waals surface area contributed by atoms with Crippen molar-refractivity contribution in [3.05, 3.63) is 28.0 Å². The van der Waals surface area contributed by atoms with Gasteiger partial charge < -0.3 is 4.57 Å². The fourth-order valence-corrected chi connectivity index (χ4v) is 3.48. The van der Waals surface area contributed by atoms with Gasteiger partial charge in [-0.05, 0) is 43.2 Å². The summed E-state index contributed by atoms with van der Waals surface area (Å²) in [5.74, 6) is 1.55. The smallest absolute Gasteiger partial charge is 0.127 e. The number of fused-ring (bicyclic) bond motifs is 1. The van der Waals surface area contributed by atoms with E-state index in [1.807, 2.05) is 19.1 Å². The number of imidazole rings is 1. The lowest BCUT2D eigenvalue weighted by atomic mass is 9.92. The van der Waals surface area contributed by atoms with E-state index < -0.39 is 0 Å². The molecule has 0 radical (unpaired) electrons. The molecule has 0 N–H and O–H groups in total. The first-order valence-corrected chi connectivity index (χ1v) is 8.52. The van der Waals surface area contributed by atoms with Crippen molar-refractivity contribution < 1.29 is 0 Å². The quantitative estimate of drug-likeness (QED) is 0.614. The fourth-order valence-electron chi connectivity index (χ4n) is 3.00. The number of alkyl halides is 1. The van der Waals surface area contributed by atoms with E-state index in [0.717, 1.165) is 23.4 Å². The average molecular weight is 346 g/mol. The summed E-state index contributed by atoms with van der Waals surface area (Å²) in [5.41, 5.74) is 2.27. The summed E-state index contributed by atoms with van der Waals surface area (Å²) in [5, 5.41) is 0.957. The predicted molar refractivity (Wildman–Crippen MR) is 90.5 cm³/mol. The van der Waals surface area contributed by atoms with Gasteiger partial charge in [-0.1, -0.05) is 37.0 Å². The molecule has 1 aromatic heterocycles. The molecule has 1 fully saturated rings. The molecule has 2 nitrogen and oxygen atoms in total. The normalized spacial score (nSPS) is 18.4. The lowest BCUT2D eigenvalue weighted by molar-refractivity contribution is 0.308. The van der Waals surface area contributed by atoms with Gasteiger partial charge in [0.05, 0.1) is 26.5 Å². The molecule has 3 rings (SSSR count). The van der Waals surface area contributed by atoms with Gasteiger partial charge in [0, 0.05) is 6.54 Å². The Bertz CT molecular complexity index is 684. The van der Waals surface area contributed by atoms with Crippen LogP contribution >= 0.6 is 34.8 Å². The number of hydrogen-bond acceptors (Lipinski definition) is 1. The third kappa shape index (κ3) is 2.67. The summed E-state index contributed by atoms with van der Waals surface area (Å²) < 4.78 is 2.24. The van der Waals surface area contributed by atoms with Crippen molar-refractivity contribution in [3.63, 3.8) is 0 Å². The van der Waals surface area contributed by atoms with Crippen LogP contribution in [-0.4, -0.2) is 9.55 Å². The van der Waals surface area contributed by atoms with Crippen molar-refractivity contribution in [1.82, 2.24) is 9.55 Å². The molecule has 0 saturated heterocycles. The Morgan fingerprint density at radius 3 is 2.33 bits per heavy atom. The van der Waals surface area contributed by atoms with Crippen molar-refractivity contribution in [2.45, 2.75) is 45.5 Å². The lowest BCUT2D eigenvalue weighted by Gasteiger charge is -2.22. The van der Waals surface area contributed by atoms with E-state index in [4.69, 9.17) is 34.8 Å². The highest BCUT2D eigenvalue weighted by molar-refractivity contribution is 6.42. The molecule has 21 heavy (non-hydrogen) atoms. The van der Waals surface area contributed by atoms with Gasteiger partial charge in [-0.2, -0.15) is 0 Å². The minimum Gasteiger partial charge on any atom is -0.326 e. The predicted octanol–water partition coefficient (Wildman–Crippen LogP) is 6.08. The van der Waals surface area contributed by atoms with Gasteiger partial charge in [0.25, 0.3) is 0 Å². The van der Waals surface area contributed by atoms with Gasteiger partial charge in [-0.3, -0.25) is 0 Å². The Morgan fingerprint density at radius 2 is 1.81 bits per heavy atom. The molecule has 1 aliphatic carbocycles. The van der Waals surface area contributed by atoms with Crippen LogP contribution in [0.15, 0.2) is 12.1 Å². The van der Waals surface area contributed by atoms with E-state index in [1.165, 1.54) is 12.8 Å². The largest absolute Gasteiger partial charge is 0.326 e. The first-order chi connectivity index (χ1) is 9.84. The first-order valence-electron chi connectivity index (χ1n) is 7.33. The Morgan fingerprint density at radius 1 is 1.19 bits per heavy atom. The van der Waals surface area contributed by atoms with Gasteiger partial charge in [0.1, 0.15) is 5.82 Å². The third-order valence-electron chi connectivity index (χ3n) is 4.77. The molecule has 1 atom stereocenters. The standard InChI is InChI=1S/C16H19Cl3N2/c1-9(2)16(4-5-16)8-21-14-7-12(19)11(18)6-13(14)20-15(21)10(3)17/h6-7,9-10H,4-5,8H2,1-3H3. The van der Waals surface area contributed by atoms with E-state index in [1.54, 1.807) is 0 Å². The van der Waals surface area contributed by atoms with Crippen LogP contribution in [0.3, 0.4) is 0 Å². The van der Waals surface area contributed by atoms with Crippen LogP contribution in [0.2, 0.25) is 10.0 Å². The van der Waals surface area contributed by atoms with Crippen molar-refractivity contribution in [2.24, 2.45) is 11.3 Å². The van der Waals surface area contributed by atoms with Gasteiger partial charge in [0.15, 0.2) is 0 Å². The van der Waals surface area contributed by atoms with Gasteiger partial charge in [0.2, 0.25) is 0 Å². The van der Waals surface area contributed by atoms with Gasteiger partial charge in [-0.15, -0.1) is 11.6 Å². The molecule has 1 aliphatic rings. The number of rotatable bonds is 4. The monoisotopic (exact) mass is 344 g/mol. The van der Waals surface area contributed by atoms with E-state index >= 15 is 0 Å². The van der Waals surface area contributed by atoms with Crippen molar-refractivity contribution in [2.75, 3.05) is 0 Å². The molecule has 1 heterocycles. The summed E-state index contributed by atoms with van der Waals surface area (Å²) in [6.07, 6.45) is 2.53. The molecule has 1 aromatic carbocycles. The molecule has 0 bridgehead atoms. The highest BCUT2D eigenvalue weighted by atomic mass is 35.5. The van der Waals surface area contributed by atoms with Crippen LogP contribution in [0.1, 0.15) is 44.8 Å². The third-order valence-corrected chi connectivity index (χ3v) is 5.68. The Labute approximate surface area is 140 Å². The molecule has 114 valence electrons. The second-order valence-corrected chi connectivity index (χ2v) is 7.91. The number of benzene rings is 1. The van der Waals surface area contributed by atoms with Crippen molar-refractivity contribution >= 4 is 45.8 Å². The zero-order chi connectivity index (χ0) is 15.4. The SMILES string of the molecule is CC(Cl)c1nc2cc(Cl)c(Cl)cc2n1CC1(C(C)C)CC1. The first kappa shape index (κ1) is 15.5. The maximum Gasteiger partial charge on any atom is 0.127 e. The van der Waals surface area contributed by atoms with Crippen LogP contribution in [0.4, 0.5) is 0 Å². The van der Waals surface area contributed by atoms with Crippen LogP contribution in [0.5, 0.6) is 0 Å². The maximum atomic E-state index is 6.34. The summed E-state index contributed by atoms with van der Waals surface area (Å²) in [4.78, 5) is 4.67. The highest BCUT2D eigenvalue weighted by Crippen LogP contribution is 2.54. The lowest BCUT2D eigenvalue weighted by Crippen LogP contribution is -2.19. The summed E-state index contributed by atoms with van der Waals surface area (Å²) in [6, 6.07) is 3.73. The summed E-state index contributed by atoms with van der Waals surface area (Å²) >= 11 is 18.6. The zero-order valence-corrected chi connectivity index (χ0v) is 14.7. The molecule has 1 saturated carbocycles. The minimum absolute atomic E-state index is 0.141. The zero-order valence-electron chi connectivity index (χ0n) is 12.5. The Balaban J connectivity index is 2.14. The van der Waals surface area contributed by atoms with Crippen LogP contribution in [0.25, 0.3) is 11.0 Å². The topological polar surface area (TPSA) is 17.8 Å². The number of nitrogens with zero attached hydrogens (tertiary/aromatic N) is 2. The number of halogens is 3. The highest BCUT2D eigenvalue weighted by Gasteiger charge is 2.46. The maximum absolute atomic E-state index is 6.34. The average Bonchev–Trinajstić information content (AvgIpc) is 3.11. The fraction of sp³-hybridized carbons (Fsp3) is 0.562. The molecule has 0 spiro atoms. The van der Waals surface area contributed by atoms with Crippen molar-refractivity contribution in [1.29, 1.82) is 0 Å². The molecule has 2 aromatic rings. The minimum atomic E-state index is -0.141. The van der Waals surface area contributed by atoms with Crippen molar-refractivity contribution in [3.8, 4) is 0 Å². The van der Waals surface area contributed by atoms with Gasteiger partial charge in [-0.25, -0.2) is 4.98 Å². The number of hydrogen-bond donors (Lipinski definition) is 0. The summed E-state index contributed by atoms with van der Waals surface area (Å²) in [6.45, 7) is 7.49. The second-order valence-electron chi connectivity index (χ2n) is 6.44. The van der Waals surface area contributed by atoms with E-state index in [2.05, 4.69) is 23.4 Å². The molecular formula is C16H19Cl3N2. The van der Waals surface area contributed by atoms with Crippen LogP contribution in [-0.2, 0) is 6.54 Å².